The van der Waals surface area contributed by atoms with Crippen LogP contribution < -0.4 is 10.9 Å². The van der Waals surface area contributed by atoms with Crippen molar-refractivity contribution < 1.29 is 4.79 Å². The van der Waals surface area contributed by atoms with E-state index >= 15 is 0 Å². The fraction of sp³-hybridized carbons (Fsp3) is 0.115. The van der Waals surface area contributed by atoms with E-state index in [1.165, 1.54) is 27.7 Å². The van der Waals surface area contributed by atoms with Gasteiger partial charge in [-0.3, -0.25) is 9.59 Å². The largest absolute Gasteiger partial charge is 0.301 e. The average Bonchev–Trinajstić information content (AvgIpc) is 3.33. The molecule has 0 spiro atoms. The van der Waals surface area contributed by atoms with E-state index in [0.717, 1.165) is 16.8 Å². The molecule has 35 heavy (non-hydrogen) atoms. The third-order valence-corrected chi connectivity index (χ3v) is 7.14. The number of benzene rings is 2. The van der Waals surface area contributed by atoms with Crippen LogP contribution in [-0.2, 0) is 4.79 Å². The average molecular weight is 500 g/mol. The molecule has 9 heteroatoms. The summed E-state index contributed by atoms with van der Waals surface area (Å²) in [7, 11) is 0. The van der Waals surface area contributed by atoms with Crippen LogP contribution in [0.1, 0.15) is 12.5 Å². The summed E-state index contributed by atoms with van der Waals surface area (Å²) in [4.78, 5) is 40.1. The first-order chi connectivity index (χ1) is 17.0. The van der Waals surface area contributed by atoms with Crippen molar-refractivity contribution in [3.05, 3.63) is 94.2 Å². The zero-order valence-electron chi connectivity index (χ0n) is 19.0. The molecule has 5 aromatic rings. The van der Waals surface area contributed by atoms with Crippen molar-refractivity contribution >= 4 is 45.0 Å². The van der Waals surface area contributed by atoms with Crippen molar-refractivity contribution in [1.82, 2.24) is 19.5 Å². The number of thiazole rings is 1. The SMILES string of the molecule is Cc1ccnc(-n2c(SC(C)C(=O)Nc3nc(-c4ccccc4)cs3)nc3ccccc3c2=O)c1. The van der Waals surface area contributed by atoms with Gasteiger partial charge in [0.1, 0.15) is 5.82 Å². The molecule has 2 aromatic carbocycles. The number of pyridine rings is 1. The second-order valence-corrected chi connectivity index (χ2v) is 10.1. The number of amides is 1. The number of anilines is 1. The summed E-state index contributed by atoms with van der Waals surface area (Å²) in [6, 6.07) is 20.7. The molecular formula is C26H21N5O2S2. The number of para-hydroxylation sites is 1. The Bertz CT molecular complexity index is 1580. The normalized spacial score (nSPS) is 11.9. The summed E-state index contributed by atoms with van der Waals surface area (Å²) in [5.74, 6) is 0.242. The Kier molecular flexibility index (Phi) is 6.43. The molecule has 0 aliphatic carbocycles. The lowest BCUT2D eigenvalue weighted by molar-refractivity contribution is -0.115. The fourth-order valence-electron chi connectivity index (χ4n) is 3.53. The maximum Gasteiger partial charge on any atom is 0.267 e. The van der Waals surface area contributed by atoms with Crippen molar-refractivity contribution in [3.8, 4) is 17.1 Å². The first-order valence-electron chi connectivity index (χ1n) is 10.9. The summed E-state index contributed by atoms with van der Waals surface area (Å²) in [5.41, 5.74) is 3.11. The van der Waals surface area contributed by atoms with Gasteiger partial charge >= 0.3 is 0 Å². The highest BCUT2D eigenvalue weighted by molar-refractivity contribution is 8.00. The predicted octanol–water partition coefficient (Wildman–Crippen LogP) is 5.33. The van der Waals surface area contributed by atoms with Crippen LogP contribution in [0.2, 0.25) is 0 Å². The molecule has 1 N–H and O–H groups in total. The Labute approximate surface area is 209 Å². The highest BCUT2D eigenvalue weighted by atomic mass is 32.2. The molecule has 0 fully saturated rings. The van der Waals surface area contributed by atoms with E-state index in [-0.39, 0.29) is 11.5 Å². The van der Waals surface area contributed by atoms with Gasteiger partial charge in [-0.2, -0.15) is 0 Å². The van der Waals surface area contributed by atoms with Crippen LogP contribution in [-0.4, -0.2) is 30.7 Å². The van der Waals surface area contributed by atoms with E-state index in [2.05, 4.69) is 15.3 Å². The van der Waals surface area contributed by atoms with Crippen molar-refractivity contribution in [2.75, 3.05) is 5.32 Å². The fourth-order valence-corrected chi connectivity index (χ4v) is 5.16. The van der Waals surface area contributed by atoms with Crippen LogP contribution in [0, 0.1) is 6.92 Å². The van der Waals surface area contributed by atoms with E-state index in [0.29, 0.717) is 27.0 Å². The van der Waals surface area contributed by atoms with Gasteiger partial charge in [-0.05, 0) is 43.7 Å². The maximum atomic E-state index is 13.4. The maximum absolute atomic E-state index is 13.4. The smallest absolute Gasteiger partial charge is 0.267 e. The molecular weight excluding hydrogens is 478 g/mol. The second-order valence-electron chi connectivity index (χ2n) is 7.90. The lowest BCUT2D eigenvalue weighted by Gasteiger charge is -2.15. The number of carbonyl (C=O) groups excluding carboxylic acids is 1. The minimum Gasteiger partial charge on any atom is -0.301 e. The van der Waals surface area contributed by atoms with Gasteiger partial charge in [0.15, 0.2) is 10.3 Å². The van der Waals surface area contributed by atoms with Gasteiger partial charge in [-0.15, -0.1) is 11.3 Å². The Morgan fingerprint density at radius 1 is 1.06 bits per heavy atom. The summed E-state index contributed by atoms with van der Waals surface area (Å²) in [6.07, 6.45) is 1.66. The minimum atomic E-state index is -0.539. The Morgan fingerprint density at radius 2 is 1.83 bits per heavy atom. The van der Waals surface area contributed by atoms with Gasteiger partial charge in [0, 0.05) is 17.1 Å². The molecule has 0 bridgehead atoms. The molecule has 174 valence electrons. The summed E-state index contributed by atoms with van der Waals surface area (Å²) in [6.45, 7) is 3.71. The van der Waals surface area contributed by atoms with Gasteiger partial charge in [-0.1, -0.05) is 54.2 Å². The monoisotopic (exact) mass is 499 g/mol. The summed E-state index contributed by atoms with van der Waals surface area (Å²) >= 11 is 2.58. The first-order valence-corrected chi connectivity index (χ1v) is 12.7. The van der Waals surface area contributed by atoms with E-state index < -0.39 is 5.25 Å². The molecule has 1 atom stereocenters. The van der Waals surface area contributed by atoms with Gasteiger partial charge in [0.25, 0.3) is 5.56 Å². The van der Waals surface area contributed by atoms with E-state index in [4.69, 9.17) is 4.98 Å². The number of thioether (sulfide) groups is 1. The molecule has 0 aliphatic heterocycles. The topological polar surface area (TPSA) is 89.8 Å². The van der Waals surface area contributed by atoms with E-state index in [1.54, 1.807) is 31.3 Å². The Morgan fingerprint density at radius 3 is 2.63 bits per heavy atom. The number of carbonyl (C=O) groups is 1. The molecule has 7 nitrogen and oxygen atoms in total. The number of hydrogen-bond acceptors (Lipinski definition) is 7. The standard InChI is InChI=1S/C26H21N5O2S2/c1-16-12-13-27-22(14-16)31-24(33)19-10-6-7-11-20(19)29-26(31)35-17(2)23(32)30-25-28-21(15-34-25)18-8-4-3-5-9-18/h3-15,17H,1-2H3,(H,28,30,32). The number of aromatic nitrogens is 4. The minimum absolute atomic E-state index is 0.226. The Balaban J connectivity index is 1.44. The third kappa shape index (κ3) is 4.87. The molecule has 0 saturated carbocycles. The zero-order chi connectivity index (χ0) is 24.4. The van der Waals surface area contributed by atoms with Crippen LogP contribution in [0.25, 0.3) is 28.0 Å². The van der Waals surface area contributed by atoms with Crippen molar-refractivity contribution in [2.24, 2.45) is 0 Å². The Hall–Kier alpha value is -3.82. The van der Waals surface area contributed by atoms with Crippen molar-refractivity contribution in [2.45, 2.75) is 24.3 Å². The molecule has 3 aromatic heterocycles. The number of nitrogens with one attached hydrogen (secondary N) is 1. The number of fused-ring (bicyclic) bond motifs is 1. The van der Waals surface area contributed by atoms with Gasteiger partial charge in [0.2, 0.25) is 5.91 Å². The van der Waals surface area contributed by atoms with Crippen LogP contribution in [0.3, 0.4) is 0 Å². The highest BCUT2D eigenvalue weighted by Gasteiger charge is 2.22. The zero-order valence-corrected chi connectivity index (χ0v) is 20.6. The molecule has 0 aliphatic rings. The van der Waals surface area contributed by atoms with Crippen LogP contribution in [0.5, 0.6) is 0 Å². The number of rotatable bonds is 6. The third-order valence-electron chi connectivity index (χ3n) is 5.33. The lowest BCUT2D eigenvalue weighted by atomic mass is 10.2. The van der Waals surface area contributed by atoms with Crippen LogP contribution >= 0.6 is 23.1 Å². The van der Waals surface area contributed by atoms with Crippen LogP contribution in [0.15, 0.2) is 88.3 Å². The highest BCUT2D eigenvalue weighted by Crippen LogP contribution is 2.28. The van der Waals surface area contributed by atoms with E-state index in [1.807, 2.05) is 60.8 Å². The molecule has 5 rings (SSSR count). The summed E-state index contributed by atoms with van der Waals surface area (Å²) < 4.78 is 1.47. The van der Waals surface area contributed by atoms with Gasteiger partial charge in [0.05, 0.1) is 21.8 Å². The molecule has 3 heterocycles. The van der Waals surface area contributed by atoms with Gasteiger partial charge in [-0.25, -0.2) is 19.5 Å². The van der Waals surface area contributed by atoms with Gasteiger partial charge < -0.3 is 5.32 Å². The molecule has 0 saturated heterocycles. The van der Waals surface area contributed by atoms with Crippen molar-refractivity contribution in [3.63, 3.8) is 0 Å². The number of nitrogens with zero attached hydrogens (tertiary/aromatic N) is 4. The van der Waals surface area contributed by atoms with E-state index in [9.17, 15) is 9.59 Å². The molecule has 1 unspecified atom stereocenters. The first kappa shape index (κ1) is 22.9. The number of hydrogen-bond donors (Lipinski definition) is 1. The quantitative estimate of drug-likeness (QED) is 0.251. The molecule has 1 amide bonds. The summed E-state index contributed by atoms with van der Waals surface area (Å²) in [5, 5.41) is 5.68. The van der Waals surface area contributed by atoms with Crippen LogP contribution in [0.4, 0.5) is 5.13 Å². The number of aryl methyl sites for hydroxylation is 1. The molecule has 0 radical (unpaired) electrons. The predicted molar refractivity (Wildman–Crippen MR) is 141 cm³/mol. The lowest BCUT2D eigenvalue weighted by Crippen LogP contribution is -2.26. The van der Waals surface area contributed by atoms with Crippen molar-refractivity contribution in [1.29, 1.82) is 0 Å². The second kappa shape index (κ2) is 9.81.